The molecule has 0 spiro atoms. The Kier molecular flexibility index (Phi) is 6.78. The number of nitrogens with one attached hydrogen (secondary N) is 1. The zero-order chi connectivity index (χ0) is 23.1. The highest BCUT2D eigenvalue weighted by Crippen LogP contribution is 2.31. The quantitative estimate of drug-likeness (QED) is 0.190. The van der Waals surface area contributed by atoms with Crippen molar-refractivity contribution < 1.29 is 23.7 Å². The van der Waals surface area contributed by atoms with Crippen molar-refractivity contribution in [2.75, 3.05) is 11.9 Å². The van der Waals surface area contributed by atoms with E-state index in [1.54, 1.807) is 31.2 Å². The summed E-state index contributed by atoms with van der Waals surface area (Å²) in [6.07, 6.45) is 1.24. The number of amides is 1. The molecule has 9 heteroatoms. The summed E-state index contributed by atoms with van der Waals surface area (Å²) in [6, 6.07) is 16.9. The lowest BCUT2D eigenvalue weighted by molar-refractivity contribution is -0.384. The topological polar surface area (TPSA) is 135 Å². The highest BCUT2D eigenvalue weighted by molar-refractivity contribution is 6.09. The van der Waals surface area contributed by atoms with Gasteiger partial charge in [-0.25, -0.2) is 4.79 Å². The Morgan fingerprint density at radius 2 is 1.88 bits per heavy atom. The molecule has 0 radical (unpaired) electrons. The number of furan rings is 1. The van der Waals surface area contributed by atoms with Crippen LogP contribution in [0.25, 0.3) is 17.4 Å². The highest BCUT2D eigenvalue weighted by atomic mass is 16.6. The van der Waals surface area contributed by atoms with Gasteiger partial charge in [0.2, 0.25) is 0 Å². The van der Waals surface area contributed by atoms with Gasteiger partial charge in [-0.05, 0) is 49.4 Å². The molecule has 9 nitrogen and oxygen atoms in total. The first-order valence-corrected chi connectivity index (χ1v) is 9.47. The minimum Gasteiger partial charge on any atom is -0.462 e. The summed E-state index contributed by atoms with van der Waals surface area (Å²) in [5, 5.41) is 23.2. The van der Waals surface area contributed by atoms with Crippen LogP contribution in [-0.4, -0.2) is 23.4 Å². The number of carbonyl (C=O) groups is 2. The average molecular weight is 431 g/mol. The summed E-state index contributed by atoms with van der Waals surface area (Å²) >= 11 is 0. The number of carbonyl (C=O) groups excluding carboxylic acids is 2. The number of nitro groups is 1. The summed E-state index contributed by atoms with van der Waals surface area (Å²) in [7, 11) is 0. The van der Waals surface area contributed by atoms with E-state index in [1.807, 2.05) is 0 Å². The predicted octanol–water partition coefficient (Wildman–Crippen LogP) is 4.58. The van der Waals surface area contributed by atoms with Crippen LogP contribution in [0.2, 0.25) is 0 Å². The Morgan fingerprint density at radius 1 is 1.16 bits per heavy atom. The van der Waals surface area contributed by atoms with Gasteiger partial charge >= 0.3 is 5.97 Å². The largest absolute Gasteiger partial charge is 0.462 e. The maximum atomic E-state index is 12.5. The molecule has 0 fully saturated rings. The monoisotopic (exact) mass is 431 g/mol. The van der Waals surface area contributed by atoms with E-state index in [9.17, 15) is 25.0 Å². The van der Waals surface area contributed by atoms with Crippen LogP contribution in [0, 0.1) is 21.4 Å². The van der Waals surface area contributed by atoms with Crippen LogP contribution >= 0.6 is 0 Å². The molecule has 32 heavy (non-hydrogen) atoms. The number of hydrogen-bond donors (Lipinski definition) is 1. The first-order chi connectivity index (χ1) is 15.4. The number of nitriles is 1. The van der Waals surface area contributed by atoms with Crippen molar-refractivity contribution in [1.82, 2.24) is 0 Å². The fourth-order valence-electron chi connectivity index (χ4n) is 2.81. The normalized spacial score (nSPS) is 10.8. The van der Waals surface area contributed by atoms with Gasteiger partial charge in [0, 0.05) is 17.8 Å². The minimum atomic E-state index is -0.681. The number of ether oxygens (including phenoxy) is 1. The number of anilines is 1. The molecule has 3 rings (SSSR count). The molecule has 1 amide bonds. The lowest BCUT2D eigenvalue weighted by atomic mass is 10.1. The van der Waals surface area contributed by atoms with Crippen molar-refractivity contribution in [1.29, 1.82) is 5.26 Å². The fourth-order valence-corrected chi connectivity index (χ4v) is 2.81. The Bertz CT molecular complexity index is 1240. The molecular weight excluding hydrogens is 414 g/mol. The minimum absolute atomic E-state index is 0.123. The van der Waals surface area contributed by atoms with Gasteiger partial charge in [0.15, 0.2) is 0 Å². The molecule has 0 atom stereocenters. The first-order valence-electron chi connectivity index (χ1n) is 9.47. The van der Waals surface area contributed by atoms with E-state index in [0.29, 0.717) is 11.3 Å². The van der Waals surface area contributed by atoms with E-state index in [-0.39, 0.29) is 35.0 Å². The molecule has 0 saturated carbocycles. The van der Waals surface area contributed by atoms with Gasteiger partial charge < -0.3 is 14.5 Å². The molecule has 0 aliphatic rings. The van der Waals surface area contributed by atoms with E-state index in [1.165, 1.54) is 48.5 Å². The van der Waals surface area contributed by atoms with Crippen LogP contribution in [0.4, 0.5) is 11.4 Å². The molecule has 0 saturated heterocycles. The lowest BCUT2D eigenvalue weighted by Crippen LogP contribution is -2.13. The molecule has 2 aromatic carbocycles. The van der Waals surface area contributed by atoms with Crippen molar-refractivity contribution >= 4 is 29.3 Å². The van der Waals surface area contributed by atoms with Crippen LogP contribution < -0.4 is 5.32 Å². The zero-order valence-corrected chi connectivity index (χ0v) is 16.9. The number of nitro benzene ring substituents is 1. The standard InChI is InChI=1S/C23H17N3O6/c1-2-31-23(28)15-7-9-17(10-8-15)25-22(27)16(14-24)13-18-11-12-21(32-18)19-5-3-4-6-20(19)26(29)30/h3-13H,2H2,1H3,(H,25,27)/b16-13+. The molecule has 1 heterocycles. The molecule has 0 aliphatic heterocycles. The second kappa shape index (κ2) is 9.86. The van der Waals surface area contributed by atoms with Crippen molar-refractivity contribution in [2.45, 2.75) is 6.92 Å². The van der Waals surface area contributed by atoms with Crippen LogP contribution in [-0.2, 0) is 9.53 Å². The van der Waals surface area contributed by atoms with Crippen molar-refractivity contribution in [3.05, 3.63) is 87.7 Å². The van der Waals surface area contributed by atoms with E-state index < -0.39 is 16.8 Å². The number of rotatable bonds is 7. The Hall–Kier alpha value is -4.71. The van der Waals surface area contributed by atoms with Gasteiger partial charge in [-0.3, -0.25) is 14.9 Å². The van der Waals surface area contributed by atoms with Crippen LogP contribution in [0.5, 0.6) is 0 Å². The van der Waals surface area contributed by atoms with Gasteiger partial charge in [-0.1, -0.05) is 12.1 Å². The highest BCUT2D eigenvalue weighted by Gasteiger charge is 2.18. The van der Waals surface area contributed by atoms with Crippen molar-refractivity contribution in [3.8, 4) is 17.4 Å². The summed E-state index contributed by atoms with van der Waals surface area (Å²) in [4.78, 5) is 34.8. The summed E-state index contributed by atoms with van der Waals surface area (Å²) in [6.45, 7) is 1.95. The number of nitrogens with zero attached hydrogens (tertiary/aromatic N) is 2. The summed E-state index contributed by atoms with van der Waals surface area (Å²) in [5.41, 5.74) is 0.634. The van der Waals surface area contributed by atoms with E-state index in [2.05, 4.69) is 5.32 Å². The molecule has 0 aliphatic carbocycles. The summed E-state index contributed by atoms with van der Waals surface area (Å²) in [5.74, 6) is -0.742. The number of benzene rings is 2. The molecule has 0 unspecified atom stereocenters. The van der Waals surface area contributed by atoms with Gasteiger partial charge in [0.05, 0.1) is 22.7 Å². The molecule has 0 bridgehead atoms. The predicted molar refractivity (Wildman–Crippen MR) is 115 cm³/mol. The van der Waals surface area contributed by atoms with Crippen LogP contribution in [0.15, 0.2) is 70.7 Å². The Morgan fingerprint density at radius 3 is 2.53 bits per heavy atom. The third kappa shape index (κ3) is 5.06. The third-order valence-electron chi connectivity index (χ3n) is 4.30. The van der Waals surface area contributed by atoms with Gasteiger partial charge in [-0.2, -0.15) is 5.26 Å². The summed E-state index contributed by atoms with van der Waals surface area (Å²) < 4.78 is 10.5. The van der Waals surface area contributed by atoms with Gasteiger partial charge in [0.25, 0.3) is 11.6 Å². The SMILES string of the molecule is CCOC(=O)c1ccc(NC(=O)/C(C#N)=C/c2ccc(-c3ccccc3[N+](=O)[O-])o2)cc1. The molecular formula is C23H17N3O6. The number of hydrogen-bond acceptors (Lipinski definition) is 7. The van der Waals surface area contributed by atoms with Gasteiger partial charge in [0.1, 0.15) is 23.2 Å². The van der Waals surface area contributed by atoms with Crippen molar-refractivity contribution in [2.24, 2.45) is 0 Å². The molecule has 1 N–H and O–H groups in total. The van der Waals surface area contributed by atoms with Gasteiger partial charge in [-0.15, -0.1) is 0 Å². The van der Waals surface area contributed by atoms with Crippen LogP contribution in [0.1, 0.15) is 23.0 Å². The maximum Gasteiger partial charge on any atom is 0.338 e. The number of esters is 1. The third-order valence-corrected chi connectivity index (χ3v) is 4.30. The average Bonchev–Trinajstić information content (AvgIpc) is 3.26. The zero-order valence-electron chi connectivity index (χ0n) is 16.9. The Labute approximate surface area is 182 Å². The van der Waals surface area contributed by atoms with E-state index >= 15 is 0 Å². The van der Waals surface area contributed by atoms with Crippen LogP contribution in [0.3, 0.4) is 0 Å². The second-order valence-electron chi connectivity index (χ2n) is 6.40. The maximum absolute atomic E-state index is 12.5. The van der Waals surface area contributed by atoms with E-state index in [4.69, 9.17) is 9.15 Å². The van der Waals surface area contributed by atoms with E-state index in [0.717, 1.165) is 0 Å². The second-order valence-corrected chi connectivity index (χ2v) is 6.40. The molecule has 1 aromatic heterocycles. The molecule has 160 valence electrons. The Balaban J connectivity index is 1.77. The lowest BCUT2D eigenvalue weighted by Gasteiger charge is -2.06. The molecule has 3 aromatic rings. The van der Waals surface area contributed by atoms with Crippen molar-refractivity contribution in [3.63, 3.8) is 0 Å². The fraction of sp³-hybridized carbons (Fsp3) is 0.0870. The first kappa shape index (κ1) is 22.0. The number of para-hydroxylation sites is 1. The smallest absolute Gasteiger partial charge is 0.338 e.